The lowest BCUT2D eigenvalue weighted by Gasteiger charge is -2.33. The molecule has 33 heavy (non-hydrogen) atoms. The average molecular weight is 464 g/mol. The quantitative estimate of drug-likeness (QED) is 0.559. The molecular weight excluding hydrogens is 442 g/mol. The zero-order chi connectivity index (χ0) is 23.0. The lowest BCUT2D eigenvalue weighted by molar-refractivity contribution is -0.135. The first kappa shape index (κ1) is 21.3. The van der Waals surface area contributed by atoms with Gasteiger partial charge < -0.3 is 15.1 Å². The smallest absolute Gasteiger partial charge is 0.325 e. The molecule has 1 unspecified atom stereocenters. The van der Waals surface area contributed by atoms with Gasteiger partial charge in [0, 0.05) is 10.6 Å². The number of hydrogen-bond acceptors (Lipinski definition) is 4. The minimum Gasteiger partial charge on any atom is -0.459 e. The third-order valence-electron chi connectivity index (χ3n) is 6.20. The molecule has 2 heterocycles. The molecule has 168 valence electrons. The molecule has 1 aliphatic heterocycles. The normalized spacial score (nSPS) is 19.5. The number of nitrogens with one attached hydrogen (secondary N) is 2. The summed E-state index contributed by atoms with van der Waals surface area (Å²) < 4.78 is 5.78. The number of urea groups is 1. The van der Waals surface area contributed by atoms with Gasteiger partial charge in [0.2, 0.25) is 5.91 Å². The van der Waals surface area contributed by atoms with Gasteiger partial charge in [-0.3, -0.25) is 14.5 Å². The molecule has 1 aliphatic carbocycles. The third-order valence-corrected chi connectivity index (χ3v) is 6.45. The van der Waals surface area contributed by atoms with Crippen molar-refractivity contribution in [3.63, 3.8) is 0 Å². The molecule has 1 atom stereocenters. The Morgan fingerprint density at radius 1 is 1.09 bits per heavy atom. The molecule has 1 fully saturated rings. The first-order valence-corrected chi connectivity index (χ1v) is 11.2. The molecule has 1 saturated heterocycles. The Morgan fingerprint density at radius 3 is 2.70 bits per heavy atom. The standard InChI is InChI=1S/C25H22ClN3O4/c26-18-9-7-17(8-10-18)21-12-11-19(33-21)14-27-22(30)15-29-23(31)25(28-24(29)32)13-3-5-16-4-1-2-6-20(16)25/h1-2,4,6-12H,3,5,13-15H2,(H,27,30)(H,28,32). The lowest BCUT2D eigenvalue weighted by Crippen LogP contribution is -2.47. The fraction of sp³-hybridized carbons (Fsp3) is 0.240. The molecule has 0 bridgehead atoms. The van der Waals surface area contributed by atoms with E-state index in [0.717, 1.165) is 34.4 Å². The molecule has 3 aromatic rings. The van der Waals surface area contributed by atoms with E-state index in [1.165, 1.54) is 0 Å². The summed E-state index contributed by atoms with van der Waals surface area (Å²) in [7, 11) is 0. The molecule has 5 rings (SSSR count). The van der Waals surface area contributed by atoms with E-state index in [4.69, 9.17) is 16.0 Å². The van der Waals surface area contributed by atoms with Crippen LogP contribution in [0.5, 0.6) is 0 Å². The van der Waals surface area contributed by atoms with Crippen LogP contribution in [-0.4, -0.2) is 29.3 Å². The Kier molecular flexibility index (Phi) is 5.42. The monoisotopic (exact) mass is 463 g/mol. The number of hydrogen-bond donors (Lipinski definition) is 2. The second-order valence-corrected chi connectivity index (χ2v) is 8.72. The highest BCUT2D eigenvalue weighted by Gasteiger charge is 2.54. The summed E-state index contributed by atoms with van der Waals surface area (Å²) >= 11 is 5.92. The van der Waals surface area contributed by atoms with Crippen LogP contribution in [0.3, 0.4) is 0 Å². The van der Waals surface area contributed by atoms with E-state index in [1.807, 2.05) is 42.5 Å². The predicted molar refractivity (Wildman–Crippen MR) is 122 cm³/mol. The number of amides is 4. The molecule has 0 saturated carbocycles. The third kappa shape index (κ3) is 3.89. The number of rotatable bonds is 5. The molecule has 1 spiro atoms. The van der Waals surface area contributed by atoms with Gasteiger partial charge in [-0.15, -0.1) is 0 Å². The summed E-state index contributed by atoms with van der Waals surface area (Å²) in [6.07, 6.45) is 2.17. The van der Waals surface area contributed by atoms with E-state index < -0.39 is 17.5 Å². The summed E-state index contributed by atoms with van der Waals surface area (Å²) in [5.74, 6) is 0.396. The lowest BCUT2D eigenvalue weighted by atomic mass is 9.76. The first-order valence-electron chi connectivity index (χ1n) is 10.8. The number of halogens is 1. The highest BCUT2D eigenvalue weighted by Crippen LogP contribution is 2.39. The Bertz CT molecular complexity index is 1240. The minimum atomic E-state index is -1.08. The van der Waals surface area contributed by atoms with Gasteiger partial charge in [-0.2, -0.15) is 0 Å². The molecule has 2 N–H and O–H groups in total. The molecule has 2 aliphatic rings. The largest absolute Gasteiger partial charge is 0.459 e. The summed E-state index contributed by atoms with van der Waals surface area (Å²) in [4.78, 5) is 39.5. The second-order valence-electron chi connectivity index (χ2n) is 8.29. The minimum absolute atomic E-state index is 0.143. The molecule has 2 aromatic carbocycles. The summed E-state index contributed by atoms with van der Waals surface area (Å²) in [5.41, 5.74) is 1.66. The maximum atomic E-state index is 13.3. The fourth-order valence-corrected chi connectivity index (χ4v) is 4.71. The maximum absolute atomic E-state index is 13.3. The molecule has 0 radical (unpaired) electrons. The van der Waals surface area contributed by atoms with Gasteiger partial charge >= 0.3 is 6.03 Å². The van der Waals surface area contributed by atoms with Gasteiger partial charge in [0.15, 0.2) is 0 Å². The van der Waals surface area contributed by atoms with Crippen LogP contribution < -0.4 is 10.6 Å². The van der Waals surface area contributed by atoms with Crippen LogP contribution >= 0.6 is 11.6 Å². The predicted octanol–water partition coefficient (Wildman–Crippen LogP) is 4.00. The van der Waals surface area contributed by atoms with Crippen LogP contribution in [0.25, 0.3) is 11.3 Å². The van der Waals surface area contributed by atoms with E-state index in [0.29, 0.717) is 23.0 Å². The number of aryl methyl sites for hydroxylation is 1. The van der Waals surface area contributed by atoms with Crippen molar-refractivity contribution in [3.8, 4) is 11.3 Å². The summed E-state index contributed by atoms with van der Waals surface area (Å²) in [5, 5.41) is 6.22. The van der Waals surface area contributed by atoms with E-state index >= 15 is 0 Å². The van der Waals surface area contributed by atoms with Crippen LogP contribution in [0.4, 0.5) is 4.79 Å². The van der Waals surface area contributed by atoms with Crippen molar-refractivity contribution >= 4 is 29.4 Å². The van der Waals surface area contributed by atoms with Crippen molar-refractivity contribution in [2.24, 2.45) is 0 Å². The average Bonchev–Trinajstić information content (AvgIpc) is 3.38. The van der Waals surface area contributed by atoms with E-state index in [9.17, 15) is 14.4 Å². The summed E-state index contributed by atoms with van der Waals surface area (Å²) in [6, 6.07) is 17.9. The van der Waals surface area contributed by atoms with Crippen LogP contribution in [-0.2, 0) is 28.1 Å². The van der Waals surface area contributed by atoms with E-state index in [1.54, 1.807) is 18.2 Å². The fourth-order valence-electron chi connectivity index (χ4n) is 4.58. The maximum Gasteiger partial charge on any atom is 0.325 e. The first-order chi connectivity index (χ1) is 16.0. The molecule has 1 aromatic heterocycles. The molecule has 7 nitrogen and oxygen atoms in total. The molecule has 8 heteroatoms. The van der Waals surface area contributed by atoms with Crippen molar-refractivity contribution in [1.29, 1.82) is 0 Å². The van der Waals surface area contributed by atoms with Gasteiger partial charge in [-0.1, -0.05) is 35.9 Å². The Balaban J connectivity index is 1.24. The Labute approximate surface area is 195 Å². The van der Waals surface area contributed by atoms with Crippen LogP contribution in [0.1, 0.15) is 29.7 Å². The van der Waals surface area contributed by atoms with E-state index in [2.05, 4.69) is 10.6 Å². The van der Waals surface area contributed by atoms with Crippen LogP contribution in [0.2, 0.25) is 5.02 Å². The van der Waals surface area contributed by atoms with Gasteiger partial charge in [-0.25, -0.2) is 4.79 Å². The Morgan fingerprint density at radius 2 is 1.88 bits per heavy atom. The van der Waals surface area contributed by atoms with Crippen LogP contribution in [0.15, 0.2) is 65.1 Å². The second kappa shape index (κ2) is 8.41. The van der Waals surface area contributed by atoms with Gasteiger partial charge in [0.25, 0.3) is 5.91 Å². The zero-order valence-electron chi connectivity index (χ0n) is 17.8. The zero-order valence-corrected chi connectivity index (χ0v) is 18.5. The number of fused-ring (bicyclic) bond motifs is 2. The number of carbonyl (C=O) groups is 3. The van der Waals surface area contributed by atoms with Gasteiger partial charge in [0.05, 0.1) is 6.54 Å². The Hall–Kier alpha value is -3.58. The van der Waals surface area contributed by atoms with Crippen molar-refractivity contribution < 1.29 is 18.8 Å². The van der Waals surface area contributed by atoms with Crippen LogP contribution in [0, 0.1) is 0 Å². The van der Waals surface area contributed by atoms with Crippen molar-refractivity contribution in [3.05, 3.63) is 82.6 Å². The number of imide groups is 1. The van der Waals surface area contributed by atoms with Gasteiger partial charge in [0.1, 0.15) is 23.6 Å². The van der Waals surface area contributed by atoms with Crippen molar-refractivity contribution in [2.75, 3.05) is 6.54 Å². The highest BCUT2D eigenvalue weighted by atomic mass is 35.5. The summed E-state index contributed by atoms with van der Waals surface area (Å²) in [6.45, 7) is -0.205. The van der Waals surface area contributed by atoms with Gasteiger partial charge in [-0.05, 0) is 66.8 Å². The number of benzene rings is 2. The number of furan rings is 1. The molecular formula is C25H22ClN3O4. The SMILES string of the molecule is O=C(CN1C(=O)NC2(CCCc3ccccc32)C1=O)NCc1ccc(-c2ccc(Cl)cc2)o1. The van der Waals surface area contributed by atoms with Crippen molar-refractivity contribution in [2.45, 2.75) is 31.3 Å². The number of carbonyl (C=O) groups excluding carboxylic acids is 3. The topological polar surface area (TPSA) is 91.7 Å². The van der Waals surface area contributed by atoms with E-state index in [-0.39, 0.29) is 19.0 Å². The van der Waals surface area contributed by atoms with Crippen molar-refractivity contribution in [1.82, 2.24) is 15.5 Å². The number of nitrogens with zero attached hydrogens (tertiary/aromatic N) is 1. The highest BCUT2D eigenvalue weighted by molar-refractivity contribution is 6.30. The molecule has 4 amide bonds.